The summed E-state index contributed by atoms with van der Waals surface area (Å²) in [6.07, 6.45) is 0. The molecule has 116 valence electrons. The average Bonchev–Trinajstić information content (AvgIpc) is 2.54. The molecule has 4 heteroatoms. The molecule has 0 aliphatic carbocycles. The molecule has 0 saturated carbocycles. The summed E-state index contributed by atoms with van der Waals surface area (Å²) >= 11 is 0. The second kappa shape index (κ2) is 6.08. The van der Waals surface area contributed by atoms with Crippen molar-refractivity contribution >= 4 is 22.6 Å². The summed E-state index contributed by atoms with van der Waals surface area (Å²) in [6.45, 7) is 4.16. The molecular formula is C19H17NO3. The summed E-state index contributed by atoms with van der Waals surface area (Å²) in [4.78, 5) is 24.4. The molecule has 1 aromatic heterocycles. The average molecular weight is 307 g/mol. The van der Waals surface area contributed by atoms with Crippen molar-refractivity contribution in [2.45, 2.75) is 19.8 Å². The summed E-state index contributed by atoms with van der Waals surface area (Å²) in [7, 11) is 0. The number of hydrogen-bond donors (Lipinski definition) is 1. The van der Waals surface area contributed by atoms with Crippen molar-refractivity contribution in [2.75, 3.05) is 5.32 Å². The van der Waals surface area contributed by atoms with Crippen molar-refractivity contribution < 1.29 is 9.21 Å². The summed E-state index contributed by atoms with van der Waals surface area (Å²) in [5.41, 5.74) is 1.61. The molecule has 0 bridgehead atoms. The number of benzene rings is 2. The molecule has 0 spiro atoms. The first kappa shape index (κ1) is 15.0. The summed E-state index contributed by atoms with van der Waals surface area (Å²) in [5.74, 6) is -0.108. The minimum atomic E-state index is -0.638. The molecule has 0 saturated heterocycles. The van der Waals surface area contributed by atoms with Crippen molar-refractivity contribution in [3.63, 3.8) is 0 Å². The van der Waals surface area contributed by atoms with Gasteiger partial charge in [-0.15, -0.1) is 0 Å². The quantitative estimate of drug-likeness (QED) is 0.739. The number of para-hydroxylation sites is 1. The molecule has 0 fully saturated rings. The Kier molecular flexibility index (Phi) is 3.98. The maximum absolute atomic E-state index is 12.4. The van der Waals surface area contributed by atoms with Crippen LogP contribution < -0.4 is 10.9 Å². The van der Waals surface area contributed by atoms with E-state index in [0.29, 0.717) is 22.6 Å². The van der Waals surface area contributed by atoms with Crippen LogP contribution in [-0.2, 0) is 0 Å². The van der Waals surface area contributed by atoms with Gasteiger partial charge in [0.1, 0.15) is 11.1 Å². The third-order valence-electron chi connectivity index (χ3n) is 3.70. The molecule has 3 aromatic rings. The lowest BCUT2D eigenvalue weighted by Gasteiger charge is -2.09. The normalized spacial score (nSPS) is 10.9. The highest BCUT2D eigenvalue weighted by Crippen LogP contribution is 2.19. The minimum Gasteiger partial charge on any atom is -0.422 e. The van der Waals surface area contributed by atoms with E-state index in [1.807, 2.05) is 24.3 Å². The Labute approximate surface area is 133 Å². The van der Waals surface area contributed by atoms with Gasteiger partial charge >= 0.3 is 5.63 Å². The Morgan fingerprint density at radius 1 is 1.04 bits per heavy atom. The Morgan fingerprint density at radius 2 is 1.83 bits per heavy atom. The highest BCUT2D eigenvalue weighted by Gasteiger charge is 2.14. The van der Waals surface area contributed by atoms with Crippen molar-refractivity contribution in [1.29, 1.82) is 0 Å². The molecular weight excluding hydrogens is 290 g/mol. The fraction of sp³-hybridized carbons (Fsp3) is 0.158. The van der Waals surface area contributed by atoms with E-state index in [0.717, 1.165) is 5.56 Å². The SMILES string of the molecule is CC(C)c1cccc(NC(=O)c2cc3ccccc3oc2=O)c1. The number of fused-ring (bicyclic) bond motifs is 1. The second-order valence-electron chi connectivity index (χ2n) is 5.72. The lowest BCUT2D eigenvalue weighted by molar-refractivity contribution is 0.102. The maximum Gasteiger partial charge on any atom is 0.349 e. The second-order valence-corrected chi connectivity index (χ2v) is 5.72. The number of amides is 1. The fourth-order valence-electron chi connectivity index (χ4n) is 2.39. The minimum absolute atomic E-state index is 0.00125. The highest BCUT2D eigenvalue weighted by atomic mass is 16.4. The maximum atomic E-state index is 12.4. The molecule has 0 radical (unpaired) electrons. The van der Waals surface area contributed by atoms with Gasteiger partial charge in [-0.2, -0.15) is 0 Å². The molecule has 1 heterocycles. The Hall–Kier alpha value is -2.88. The van der Waals surface area contributed by atoms with Crippen LogP contribution in [0.15, 0.2) is 63.8 Å². The molecule has 4 nitrogen and oxygen atoms in total. The van der Waals surface area contributed by atoms with Gasteiger partial charge in [0.25, 0.3) is 5.91 Å². The third-order valence-corrected chi connectivity index (χ3v) is 3.70. The molecule has 23 heavy (non-hydrogen) atoms. The molecule has 0 atom stereocenters. The zero-order valence-electron chi connectivity index (χ0n) is 13.0. The van der Waals surface area contributed by atoms with Gasteiger partial charge in [0.2, 0.25) is 0 Å². The number of carbonyl (C=O) groups excluding carboxylic acids is 1. The van der Waals surface area contributed by atoms with E-state index in [1.54, 1.807) is 30.3 Å². The Balaban J connectivity index is 1.93. The van der Waals surface area contributed by atoms with Crippen LogP contribution in [0, 0.1) is 0 Å². The first-order chi connectivity index (χ1) is 11.0. The van der Waals surface area contributed by atoms with Gasteiger partial charge < -0.3 is 9.73 Å². The van der Waals surface area contributed by atoms with Gasteiger partial charge in [-0.25, -0.2) is 4.79 Å². The number of rotatable bonds is 3. The van der Waals surface area contributed by atoms with E-state index < -0.39 is 11.5 Å². The zero-order chi connectivity index (χ0) is 16.4. The lowest BCUT2D eigenvalue weighted by Crippen LogP contribution is -2.20. The van der Waals surface area contributed by atoms with Crippen LogP contribution in [0.3, 0.4) is 0 Å². The molecule has 2 aromatic carbocycles. The largest absolute Gasteiger partial charge is 0.422 e. The standard InChI is InChI=1S/C19H17NO3/c1-12(2)13-7-5-8-15(10-13)20-18(21)16-11-14-6-3-4-9-17(14)23-19(16)22/h3-12H,1-2H3,(H,20,21). The number of nitrogens with one attached hydrogen (secondary N) is 1. The van der Waals surface area contributed by atoms with Crippen LogP contribution in [0.1, 0.15) is 35.7 Å². The molecule has 1 N–H and O–H groups in total. The third kappa shape index (κ3) is 3.16. The topological polar surface area (TPSA) is 59.3 Å². The van der Waals surface area contributed by atoms with E-state index in [1.165, 1.54) is 0 Å². The summed E-state index contributed by atoms with van der Waals surface area (Å²) < 4.78 is 5.20. The van der Waals surface area contributed by atoms with Gasteiger partial charge in [-0.1, -0.05) is 44.2 Å². The monoisotopic (exact) mass is 307 g/mol. The fourth-order valence-corrected chi connectivity index (χ4v) is 2.39. The van der Waals surface area contributed by atoms with E-state index in [2.05, 4.69) is 19.2 Å². The predicted octanol–water partition coefficient (Wildman–Crippen LogP) is 4.17. The number of hydrogen-bond acceptors (Lipinski definition) is 3. The van der Waals surface area contributed by atoms with Crippen LogP contribution in [0.2, 0.25) is 0 Å². The van der Waals surface area contributed by atoms with Crippen LogP contribution in [0.5, 0.6) is 0 Å². The predicted molar refractivity (Wildman–Crippen MR) is 91.0 cm³/mol. The van der Waals surface area contributed by atoms with Gasteiger partial charge in [-0.05, 0) is 35.7 Å². The van der Waals surface area contributed by atoms with Gasteiger partial charge in [0.05, 0.1) is 0 Å². The highest BCUT2D eigenvalue weighted by molar-refractivity contribution is 6.05. The van der Waals surface area contributed by atoms with Crippen LogP contribution in [0.4, 0.5) is 5.69 Å². The van der Waals surface area contributed by atoms with Gasteiger partial charge in [0, 0.05) is 11.1 Å². The lowest BCUT2D eigenvalue weighted by atomic mass is 10.0. The van der Waals surface area contributed by atoms with Crippen molar-refractivity contribution in [3.8, 4) is 0 Å². The zero-order valence-corrected chi connectivity index (χ0v) is 13.0. The molecule has 3 rings (SSSR count). The van der Waals surface area contributed by atoms with Crippen LogP contribution >= 0.6 is 0 Å². The smallest absolute Gasteiger partial charge is 0.349 e. The molecule has 0 aliphatic rings. The Bertz CT molecular complexity index is 925. The van der Waals surface area contributed by atoms with Crippen molar-refractivity contribution in [2.24, 2.45) is 0 Å². The van der Waals surface area contributed by atoms with E-state index in [4.69, 9.17) is 4.42 Å². The Morgan fingerprint density at radius 3 is 2.61 bits per heavy atom. The van der Waals surface area contributed by atoms with E-state index >= 15 is 0 Å². The van der Waals surface area contributed by atoms with Crippen LogP contribution in [-0.4, -0.2) is 5.91 Å². The summed E-state index contributed by atoms with van der Waals surface area (Å²) in [5, 5.41) is 3.48. The van der Waals surface area contributed by atoms with Crippen molar-refractivity contribution in [1.82, 2.24) is 0 Å². The molecule has 0 unspecified atom stereocenters. The van der Waals surface area contributed by atoms with Crippen molar-refractivity contribution in [3.05, 3.63) is 76.1 Å². The first-order valence-electron chi connectivity index (χ1n) is 7.49. The summed E-state index contributed by atoms with van der Waals surface area (Å²) in [6, 6.07) is 16.3. The van der Waals surface area contributed by atoms with E-state index in [9.17, 15) is 9.59 Å². The van der Waals surface area contributed by atoms with Gasteiger partial charge in [0.15, 0.2) is 0 Å². The van der Waals surface area contributed by atoms with Gasteiger partial charge in [-0.3, -0.25) is 4.79 Å². The first-order valence-corrected chi connectivity index (χ1v) is 7.49. The number of carbonyl (C=O) groups is 1. The van der Waals surface area contributed by atoms with Crippen LogP contribution in [0.25, 0.3) is 11.0 Å². The molecule has 0 aliphatic heterocycles. The number of anilines is 1. The molecule has 1 amide bonds. The van der Waals surface area contributed by atoms with E-state index in [-0.39, 0.29) is 5.56 Å².